The monoisotopic (exact) mass is 293 g/mol. The maximum Gasteiger partial charge on any atom is 0.0779 e. The van der Waals surface area contributed by atoms with Gasteiger partial charge in [-0.1, -0.05) is 20.8 Å². The maximum absolute atomic E-state index is 9.84. The van der Waals surface area contributed by atoms with E-state index in [0.29, 0.717) is 0 Å². The lowest BCUT2D eigenvalue weighted by molar-refractivity contribution is 0.154. The van der Waals surface area contributed by atoms with Gasteiger partial charge in [-0.2, -0.15) is 0 Å². The topological polar surface area (TPSA) is 39.6 Å². The van der Waals surface area contributed by atoms with Gasteiger partial charge in [-0.05, 0) is 45.5 Å². The minimum Gasteiger partial charge on any atom is -0.391 e. The molecule has 120 valence electrons. The van der Waals surface area contributed by atoms with Gasteiger partial charge in [-0.25, -0.2) is 0 Å². The molecular formula is C17H31N3O. The van der Waals surface area contributed by atoms with Crippen LogP contribution in [-0.2, 0) is 13.0 Å². The number of aromatic nitrogens is 1. The molecule has 1 aliphatic rings. The van der Waals surface area contributed by atoms with Gasteiger partial charge in [0.2, 0.25) is 0 Å². The number of aliphatic hydroxyl groups excluding tert-OH is 1. The second-order valence-corrected chi connectivity index (χ2v) is 5.60. The molecule has 0 spiro atoms. The van der Waals surface area contributed by atoms with E-state index in [1.54, 1.807) is 0 Å². The van der Waals surface area contributed by atoms with E-state index in [0.717, 1.165) is 50.3 Å². The Labute approximate surface area is 129 Å². The Hall–Kier alpha value is -1.13. The zero-order valence-corrected chi connectivity index (χ0v) is 14.3. The van der Waals surface area contributed by atoms with Crippen LogP contribution in [-0.4, -0.2) is 48.3 Å². The molecule has 1 atom stereocenters. The molecule has 21 heavy (non-hydrogen) atoms. The number of nitrogens with zero attached hydrogens (tertiary/aromatic N) is 3. The van der Waals surface area contributed by atoms with Crippen molar-refractivity contribution in [2.75, 3.05) is 32.1 Å². The van der Waals surface area contributed by atoms with Crippen LogP contribution < -0.4 is 4.90 Å². The molecule has 0 amide bonds. The third-order valence-corrected chi connectivity index (χ3v) is 3.57. The van der Waals surface area contributed by atoms with Crippen LogP contribution in [0.3, 0.4) is 0 Å². The molecule has 0 bridgehead atoms. The van der Waals surface area contributed by atoms with Gasteiger partial charge in [0, 0.05) is 25.3 Å². The molecule has 1 unspecified atom stereocenters. The molecule has 0 saturated carbocycles. The fraction of sp³-hybridized carbons (Fsp3) is 0.706. The smallest absolute Gasteiger partial charge is 0.0779 e. The number of anilines is 1. The zero-order valence-electron chi connectivity index (χ0n) is 14.3. The van der Waals surface area contributed by atoms with Gasteiger partial charge in [-0.15, -0.1) is 0 Å². The van der Waals surface area contributed by atoms with Gasteiger partial charge in [0.15, 0.2) is 0 Å². The van der Waals surface area contributed by atoms with Crippen molar-refractivity contribution < 1.29 is 5.11 Å². The molecule has 0 aliphatic carbocycles. The van der Waals surface area contributed by atoms with Crippen LogP contribution >= 0.6 is 0 Å². The molecule has 4 heteroatoms. The van der Waals surface area contributed by atoms with E-state index in [1.165, 1.54) is 5.69 Å². The Bertz CT molecular complexity index is 420. The lowest BCUT2D eigenvalue weighted by atomic mass is 10.1. The number of aliphatic hydroxyl groups is 1. The van der Waals surface area contributed by atoms with Crippen molar-refractivity contribution in [1.29, 1.82) is 0 Å². The lowest BCUT2D eigenvalue weighted by Crippen LogP contribution is -2.39. The Morgan fingerprint density at radius 2 is 2.05 bits per heavy atom. The van der Waals surface area contributed by atoms with Crippen molar-refractivity contribution in [2.24, 2.45) is 0 Å². The van der Waals surface area contributed by atoms with Gasteiger partial charge in [0.25, 0.3) is 0 Å². The fourth-order valence-electron chi connectivity index (χ4n) is 2.61. The lowest BCUT2D eigenvalue weighted by Gasteiger charge is -2.33. The van der Waals surface area contributed by atoms with Gasteiger partial charge in [0.05, 0.1) is 17.5 Å². The molecule has 2 heterocycles. The predicted molar refractivity (Wildman–Crippen MR) is 89.8 cm³/mol. The molecule has 1 aromatic heterocycles. The van der Waals surface area contributed by atoms with Crippen LogP contribution in [0.4, 0.5) is 5.69 Å². The third kappa shape index (κ3) is 5.29. The first-order chi connectivity index (χ1) is 10.1. The Morgan fingerprint density at radius 1 is 1.33 bits per heavy atom. The standard InChI is InChI=1S/C15H25N3O.C2H6/c1-4-12-7-8-15(14(16-12)11-17(2)3)18-9-5-6-13(19)10-18;1-2/h7-8,13,19H,4-6,9-11H2,1-3H3;1-2H3. The predicted octanol–water partition coefficient (Wildman–Crippen LogP) is 2.69. The third-order valence-electron chi connectivity index (χ3n) is 3.57. The van der Waals surface area contributed by atoms with E-state index in [-0.39, 0.29) is 6.10 Å². The molecule has 1 aromatic rings. The molecule has 0 radical (unpaired) electrons. The molecule has 1 saturated heterocycles. The molecular weight excluding hydrogens is 262 g/mol. The average molecular weight is 293 g/mol. The first-order valence-corrected chi connectivity index (χ1v) is 8.16. The maximum atomic E-state index is 9.84. The van der Waals surface area contributed by atoms with Crippen molar-refractivity contribution >= 4 is 5.69 Å². The fourth-order valence-corrected chi connectivity index (χ4v) is 2.61. The summed E-state index contributed by atoms with van der Waals surface area (Å²) >= 11 is 0. The van der Waals surface area contributed by atoms with E-state index >= 15 is 0 Å². The minimum atomic E-state index is -0.202. The summed E-state index contributed by atoms with van der Waals surface area (Å²) < 4.78 is 0. The summed E-state index contributed by atoms with van der Waals surface area (Å²) in [6, 6.07) is 4.28. The van der Waals surface area contributed by atoms with Crippen molar-refractivity contribution in [3.8, 4) is 0 Å². The molecule has 0 aromatic carbocycles. The zero-order chi connectivity index (χ0) is 15.8. The van der Waals surface area contributed by atoms with E-state index < -0.39 is 0 Å². The van der Waals surface area contributed by atoms with Crippen LogP contribution in [0, 0.1) is 0 Å². The Kier molecular flexibility index (Phi) is 7.68. The first kappa shape index (κ1) is 17.9. The summed E-state index contributed by atoms with van der Waals surface area (Å²) in [6.07, 6.45) is 2.73. The highest BCUT2D eigenvalue weighted by Crippen LogP contribution is 2.24. The Morgan fingerprint density at radius 3 is 2.62 bits per heavy atom. The van der Waals surface area contributed by atoms with Crippen LogP contribution in [0.2, 0.25) is 0 Å². The van der Waals surface area contributed by atoms with Crippen LogP contribution in [0.5, 0.6) is 0 Å². The largest absolute Gasteiger partial charge is 0.391 e. The molecule has 1 fully saturated rings. The number of pyridine rings is 1. The highest BCUT2D eigenvalue weighted by molar-refractivity contribution is 5.51. The summed E-state index contributed by atoms with van der Waals surface area (Å²) in [6.45, 7) is 8.72. The average Bonchev–Trinajstić information content (AvgIpc) is 2.48. The molecule has 1 N–H and O–H groups in total. The summed E-state index contributed by atoms with van der Waals surface area (Å²) in [5.41, 5.74) is 3.45. The van der Waals surface area contributed by atoms with Crippen molar-refractivity contribution in [2.45, 2.75) is 52.7 Å². The van der Waals surface area contributed by atoms with Crippen LogP contribution in [0.15, 0.2) is 12.1 Å². The highest BCUT2D eigenvalue weighted by Gasteiger charge is 2.20. The second-order valence-electron chi connectivity index (χ2n) is 5.60. The first-order valence-electron chi connectivity index (χ1n) is 8.16. The van der Waals surface area contributed by atoms with E-state index in [2.05, 4.69) is 43.0 Å². The number of piperidine rings is 1. The summed E-state index contributed by atoms with van der Waals surface area (Å²) in [4.78, 5) is 9.19. The van der Waals surface area contributed by atoms with Crippen LogP contribution in [0.1, 0.15) is 45.0 Å². The second kappa shape index (κ2) is 9.00. The van der Waals surface area contributed by atoms with Gasteiger partial charge in [0.1, 0.15) is 0 Å². The van der Waals surface area contributed by atoms with Crippen molar-refractivity contribution in [1.82, 2.24) is 9.88 Å². The number of hydrogen-bond acceptors (Lipinski definition) is 4. The molecule has 2 rings (SSSR count). The quantitative estimate of drug-likeness (QED) is 0.926. The number of aryl methyl sites for hydroxylation is 1. The molecule has 1 aliphatic heterocycles. The van der Waals surface area contributed by atoms with Gasteiger partial charge in [-0.3, -0.25) is 4.98 Å². The van der Waals surface area contributed by atoms with Crippen LogP contribution in [0.25, 0.3) is 0 Å². The summed E-state index contributed by atoms with van der Waals surface area (Å²) in [5.74, 6) is 0. The van der Waals surface area contributed by atoms with Gasteiger partial charge >= 0.3 is 0 Å². The normalized spacial score (nSPS) is 18.4. The van der Waals surface area contributed by atoms with Crippen molar-refractivity contribution in [3.05, 3.63) is 23.5 Å². The van der Waals surface area contributed by atoms with E-state index in [4.69, 9.17) is 4.98 Å². The number of rotatable bonds is 4. The minimum absolute atomic E-state index is 0.202. The van der Waals surface area contributed by atoms with E-state index in [9.17, 15) is 5.11 Å². The number of hydrogen-bond donors (Lipinski definition) is 1. The number of β-amino-alcohol motifs (C(OH)–C–C–N with tert-alkyl or cyclic N) is 1. The van der Waals surface area contributed by atoms with Crippen molar-refractivity contribution in [3.63, 3.8) is 0 Å². The molecule has 4 nitrogen and oxygen atoms in total. The summed E-state index contributed by atoms with van der Waals surface area (Å²) in [7, 11) is 4.13. The van der Waals surface area contributed by atoms with E-state index in [1.807, 2.05) is 13.8 Å². The SMILES string of the molecule is CC.CCc1ccc(N2CCCC(O)C2)c(CN(C)C)n1. The Balaban J connectivity index is 0.00000106. The highest BCUT2D eigenvalue weighted by atomic mass is 16.3. The van der Waals surface area contributed by atoms with Gasteiger partial charge < -0.3 is 14.9 Å². The summed E-state index contributed by atoms with van der Waals surface area (Å²) in [5, 5.41) is 9.84.